The van der Waals surface area contributed by atoms with Gasteiger partial charge < -0.3 is 10.6 Å². The smallest absolute Gasteiger partial charge is 0.189 e. The first kappa shape index (κ1) is 14.0. The Morgan fingerprint density at radius 3 is 2.67 bits per heavy atom. The summed E-state index contributed by atoms with van der Waals surface area (Å²) in [5.74, 6) is 0. The Morgan fingerprint density at radius 1 is 1.19 bits per heavy atom. The van der Waals surface area contributed by atoms with Crippen LogP contribution in [-0.4, -0.2) is 10.1 Å². The van der Waals surface area contributed by atoms with Crippen LogP contribution in [0.2, 0.25) is 0 Å². The minimum atomic E-state index is 0.519. The van der Waals surface area contributed by atoms with Crippen LogP contribution in [0.15, 0.2) is 24.3 Å². The zero-order chi connectivity index (χ0) is 14.7. The van der Waals surface area contributed by atoms with Crippen LogP contribution in [0, 0.1) is 11.3 Å². The van der Waals surface area contributed by atoms with Crippen LogP contribution in [0.5, 0.6) is 0 Å². The minimum absolute atomic E-state index is 0.519. The molecule has 106 valence electrons. The number of nitriles is 1. The molecule has 1 aromatic heterocycles. The molecule has 0 saturated carbocycles. The van der Waals surface area contributed by atoms with Gasteiger partial charge in [-0.25, -0.2) is 4.98 Å². The topological polar surface area (TPSA) is 60.7 Å². The van der Waals surface area contributed by atoms with Gasteiger partial charge in [-0.1, -0.05) is 0 Å². The first-order chi connectivity index (χ1) is 10.2. The molecule has 0 unspecified atom stereocenters. The molecule has 1 aliphatic carbocycles. The lowest BCUT2D eigenvalue weighted by molar-refractivity contribution is 0.683. The molecule has 0 bridgehead atoms. The Morgan fingerprint density at radius 2 is 1.95 bits per heavy atom. The molecule has 1 heterocycles. The van der Waals surface area contributed by atoms with Crippen molar-refractivity contribution in [1.82, 2.24) is 4.98 Å². The Labute approximate surface area is 132 Å². The average molecular weight is 314 g/mol. The molecule has 0 saturated heterocycles. The van der Waals surface area contributed by atoms with Gasteiger partial charge in [0.1, 0.15) is 0 Å². The second-order valence-electron chi connectivity index (χ2n) is 4.86. The van der Waals surface area contributed by atoms with Crippen LogP contribution >= 0.6 is 23.6 Å². The Hall–Kier alpha value is -1.97. The normalized spacial score (nSPS) is 13.1. The van der Waals surface area contributed by atoms with Gasteiger partial charge in [0.05, 0.1) is 17.3 Å². The van der Waals surface area contributed by atoms with E-state index in [1.807, 2.05) is 12.1 Å². The van der Waals surface area contributed by atoms with Gasteiger partial charge in [-0.2, -0.15) is 5.26 Å². The highest BCUT2D eigenvalue weighted by molar-refractivity contribution is 7.80. The van der Waals surface area contributed by atoms with Crippen molar-refractivity contribution in [2.45, 2.75) is 25.7 Å². The molecule has 0 amide bonds. The number of rotatable bonds is 2. The summed E-state index contributed by atoms with van der Waals surface area (Å²) in [5, 5.41) is 16.4. The zero-order valence-corrected chi connectivity index (χ0v) is 13.0. The maximum Gasteiger partial charge on any atom is 0.189 e. The maximum absolute atomic E-state index is 8.77. The SMILES string of the molecule is N#Cc1ccc(NC(=S)Nc2nc3c(s2)CCCC3)cc1. The largest absolute Gasteiger partial charge is 0.332 e. The van der Waals surface area contributed by atoms with Crippen LogP contribution in [0.3, 0.4) is 0 Å². The van der Waals surface area contributed by atoms with Gasteiger partial charge in [-0.05, 0) is 62.2 Å². The van der Waals surface area contributed by atoms with Crippen LogP contribution < -0.4 is 10.6 Å². The van der Waals surface area contributed by atoms with E-state index in [0.29, 0.717) is 10.7 Å². The molecule has 3 rings (SSSR count). The molecule has 0 radical (unpaired) electrons. The molecule has 0 spiro atoms. The molecule has 2 N–H and O–H groups in total. The van der Waals surface area contributed by atoms with E-state index in [9.17, 15) is 0 Å². The van der Waals surface area contributed by atoms with Gasteiger partial charge in [-0.3, -0.25) is 0 Å². The fourth-order valence-corrected chi connectivity index (χ4v) is 3.63. The summed E-state index contributed by atoms with van der Waals surface area (Å²) >= 11 is 6.99. The first-order valence-corrected chi connectivity index (χ1v) is 8.04. The van der Waals surface area contributed by atoms with Gasteiger partial charge >= 0.3 is 0 Å². The van der Waals surface area contributed by atoms with Crippen molar-refractivity contribution in [2.75, 3.05) is 10.6 Å². The fraction of sp³-hybridized carbons (Fsp3) is 0.267. The Balaban J connectivity index is 1.63. The predicted octanol–water partition coefficient (Wildman–Crippen LogP) is 3.70. The molecule has 4 nitrogen and oxygen atoms in total. The van der Waals surface area contributed by atoms with E-state index in [1.54, 1.807) is 23.5 Å². The van der Waals surface area contributed by atoms with Crippen molar-refractivity contribution >= 4 is 39.5 Å². The summed E-state index contributed by atoms with van der Waals surface area (Å²) in [6.45, 7) is 0. The Bertz CT molecular complexity index is 674. The quantitative estimate of drug-likeness (QED) is 0.828. The number of aryl methyl sites for hydroxylation is 2. The van der Waals surface area contributed by atoms with Gasteiger partial charge in [0, 0.05) is 10.6 Å². The summed E-state index contributed by atoms with van der Waals surface area (Å²) in [7, 11) is 0. The summed E-state index contributed by atoms with van der Waals surface area (Å²) in [4.78, 5) is 5.98. The molecule has 2 aromatic rings. The summed E-state index contributed by atoms with van der Waals surface area (Å²) < 4.78 is 0. The highest BCUT2D eigenvalue weighted by Gasteiger charge is 2.15. The van der Waals surface area contributed by atoms with E-state index in [-0.39, 0.29) is 0 Å². The highest BCUT2D eigenvalue weighted by Crippen LogP contribution is 2.29. The minimum Gasteiger partial charge on any atom is -0.332 e. The van der Waals surface area contributed by atoms with E-state index in [2.05, 4.69) is 21.7 Å². The number of nitrogens with one attached hydrogen (secondary N) is 2. The average Bonchev–Trinajstić information content (AvgIpc) is 2.90. The van der Waals surface area contributed by atoms with Crippen molar-refractivity contribution in [3.8, 4) is 6.07 Å². The number of fused-ring (bicyclic) bond motifs is 1. The lowest BCUT2D eigenvalue weighted by atomic mass is 10.0. The molecule has 1 aliphatic rings. The number of aromatic nitrogens is 1. The molecule has 0 aliphatic heterocycles. The van der Waals surface area contributed by atoms with Crippen LogP contribution in [0.1, 0.15) is 29.0 Å². The molecule has 6 heteroatoms. The number of nitrogens with zero attached hydrogens (tertiary/aromatic N) is 2. The molecule has 21 heavy (non-hydrogen) atoms. The number of thiazole rings is 1. The maximum atomic E-state index is 8.77. The summed E-state index contributed by atoms with van der Waals surface area (Å²) in [5.41, 5.74) is 2.70. The summed E-state index contributed by atoms with van der Waals surface area (Å²) in [6, 6.07) is 9.27. The van der Waals surface area contributed by atoms with E-state index in [4.69, 9.17) is 17.5 Å². The van der Waals surface area contributed by atoms with Crippen LogP contribution in [0.25, 0.3) is 0 Å². The zero-order valence-electron chi connectivity index (χ0n) is 11.3. The van der Waals surface area contributed by atoms with Crippen molar-refractivity contribution in [2.24, 2.45) is 0 Å². The van der Waals surface area contributed by atoms with Crippen LogP contribution in [0.4, 0.5) is 10.8 Å². The molecular formula is C15H14N4S2. The third-order valence-corrected chi connectivity index (χ3v) is 4.61. The number of benzene rings is 1. The molecule has 1 aromatic carbocycles. The van der Waals surface area contributed by atoms with Crippen molar-refractivity contribution < 1.29 is 0 Å². The highest BCUT2D eigenvalue weighted by atomic mass is 32.1. The van der Waals surface area contributed by atoms with Gasteiger partial charge in [0.2, 0.25) is 0 Å². The second kappa shape index (κ2) is 6.20. The monoisotopic (exact) mass is 314 g/mol. The van der Waals surface area contributed by atoms with Gasteiger partial charge in [0.25, 0.3) is 0 Å². The van der Waals surface area contributed by atoms with Gasteiger partial charge in [-0.15, -0.1) is 11.3 Å². The number of thiocarbonyl (C=S) groups is 1. The molecule has 0 atom stereocenters. The lowest BCUT2D eigenvalue weighted by Gasteiger charge is -2.08. The fourth-order valence-electron chi connectivity index (χ4n) is 2.29. The first-order valence-electron chi connectivity index (χ1n) is 6.81. The van der Waals surface area contributed by atoms with Gasteiger partial charge in [0.15, 0.2) is 10.2 Å². The van der Waals surface area contributed by atoms with Crippen LogP contribution in [-0.2, 0) is 12.8 Å². The predicted molar refractivity (Wildman–Crippen MR) is 89.8 cm³/mol. The van der Waals surface area contributed by atoms with E-state index < -0.39 is 0 Å². The second-order valence-corrected chi connectivity index (χ2v) is 6.36. The van der Waals surface area contributed by atoms with Crippen molar-refractivity contribution in [3.05, 3.63) is 40.4 Å². The number of hydrogen-bond donors (Lipinski definition) is 2. The number of hydrogen-bond acceptors (Lipinski definition) is 4. The standard InChI is InChI=1S/C15H14N4S2/c16-9-10-5-7-11(8-6-10)17-14(20)19-15-18-12-3-1-2-4-13(12)21-15/h5-8H,1-4H2,(H2,17,18,19,20). The third-order valence-electron chi connectivity index (χ3n) is 3.34. The summed E-state index contributed by atoms with van der Waals surface area (Å²) in [6.07, 6.45) is 4.68. The van der Waals surface area contributed by atoms with Crippen molar-refractivity contribution in [1.29, 1.82) is 5.26 Å². The van der Waals surface area contributed by atoms with E-state index in [1.165, 1.54) is 23.4 Å². The lowest BCUT2D eigenvalue weighted by Crippen LogP contribution is -2.18. The van der Waals surface area contributed by atoms with E-state index in [0.717, 1.165) is 23.7 Å². The molecule has 0 fully saturated rings. The molecular weight excluding hydrogens is 300 g/mol. The van der Waals surface area contributed by atoms with E-state index >= 15 is 0 Å². The number of anilines is 2. The van der Waals surface area contributed by atoms with Crippen molar-refractivity contribution in [3.63, 3.8) is 0 Å². The Kier molecular flexibility index (Phi) is 4.13. The third kappa shape index (κ3) is 3.38.